The molecule has 1 aromatic heterocycles. The Bertz CT molecular complexity index is 309. The number of nitrogens with zero attached hydrogens (tertiary/aromatic N) is 1. The van der Waals surface area contributed by atoms with Crippen molar-refractivity contribution in [1.29, 1.82) is 0 Å². The first-order valence-electron chi connectivity index (χ1n) is 5.27. The summed E-state index contributed by atoms with van der Waals surface area (Å²) in [6.07, 6.45) is 4.31. The van der Waals surface area contributed by atoms with Crippen LogP contribution in [0.15, 0.2) is 22.8 Å². The van der Waals surface area contributed by atoms with E-state index in [0.29, 0.717) is 6.42 Å². The van der Waals surface area contributed by atoms with Gasteiger partial charge >= 0.3 is 0 Å². The molecule has 0 bridgehead atoms. The predicted octanol–water partition coefficient (Wildman–Crippen LogP) is 1.50. The zero-order valence-electron chi connectivity index (χ0n) is 8.49. The van der Waals surface area contributed by atoms with Crippen molar-refractivity contribution in [2.24, 2.45) is 0 Å². The summed E-state index contributed by atoms with van der Waals surface area (Å²) < 4.78 is 0.972. The summed E-state index contributed by atoms with van der Waals surface area (Å²) in [4.78, 5) is 4.25. The first kappa shape index (κ1) is 11.0. The van der Waals surface area contributed by atoms with Crippen LogP contribution in [0, 0.1) is 0 Å². The maximum Gasteiger partial charge on any atom is 0.0748 e. The average molecular weight is 271 g/mol. The third-order valence-corrected chi connectivity index (χ3v) is 3.24. The van der Waals surface area contributed by atoms with Gasteiger partial charge in [-0.3, -0.25) is 4.98 Å². The van der Waals surface area contributed by atoms with Crippen molar-refractivity contribution in [3.8, 4) is 0 Å². The molecule has 2 heterocycles. The van der Waals surface area contributed by atoms with Gasteiger partial charge in [0.05, 0.1) is 6.10 Å². The molecule has 0 spiro atoms. The van der Waals surface area contributed by atoms with Gasteiger partial charge < -0.3 is 10.4 Å². The first-order chi connectivity index (χ1) is 7.25. The maximum atomic E-state index is 9.96. The summed E-state index contributed by atoms with van der Waals surface area (Å²) in [5.74, 6) is 0. The third kappa shape index (κ3) is 3.00. The predicted molar refractivity (Wildman–Crippen MR) is 62.7 cm³/mol. The number of hydrogen-bond acceptors (Lipinski definition) is 3. The molecular weight excluding hydrogens is 256 g/mol. The van der Waals surface area contributed by atoms with Gasteiger partial charge in [-0.15, -0.1) is 0 Å². The molecule has 2 atom stereocenters. The molecule has 1 fully saturated rings. The molecule has 2 unspecified atom stereocenters. The fourth-order valence-corrected chi connectivity index (χ4v) is 2.16. The zero-order valence-corrected chi connectivity index (χ0v) is 10.1. The van der Waals surface area contributed by atoms with E-state index in [9.17, 15) is 5.11 Å². The van der Waals surface area contributed by atoms with E-state index in [1.54, 1.807) is 6.20 Å². The number of hydrogen-bond donors (Lipinski definition) is 2. The van der Waals surface area contributed by atoms with Crippen molar-refractivity contribution >= 4 is 15.9 Å². The Balaban J connectivity index is 1.92. The lowest BCUT2D eigenvalue weighted by molar-refractivity contribution is 0.135. The molecule has 2 rings (SSSR count). The third-order valence-electron chi connectivity index (χ3n) is 2.77. The lowest BCUT2D eigenvalue weighted by atomic mass is 10.0. The van der Waals surface area contributed by atoms with Crippen LogP contribution >= 0.6 is 15.9 Å². The second-order valence-corrected chi connectivity index (χ2v) is 4.86. The highest BCUT2D eigenvalue weighted by molar-refractivity contribution is 9.10. The molecule has 2 N–H and O–H groups in total. The van der Waals surface area contributed by atoms with E-state index in [2.05, 4.69) is 26.2 Å². The van der Waals surface area contributed by atoms with Crippen LogP contribution in [0.2, 0.25) is 0 Å². The van der Waals surface area contributed by atoms with Crippen molar-refractivity contribution in [2.45, 2.75) is 31.4 Å². The number of aromatic nitrogens is 1. The normalized spacial score (nSPS) is 22.9. The Morgan fingerprint density at radius 3 is 3.07 bits per heavy atom. The lowest BCUT2D eigenvalue weighted by Gasteiger charge is -2.17. The quantitative estimate of drug-likeness (QED) is 0.875. The number of nitrogens with one attached hydrogen (secondary N) is 1. The molecule has 3 nitrogen and oxygen atoms in total. The van der Waals surface area contributed by atoms with Crippen LogP contribution in [-0.2, 0) is 6.42 Å². The van der Waals surface area contributed by atoms with Crippen LogP contribution in [0.25, 0.3) is 0 Å². The second kappa shape index (κ2) is 5.05. The van der Waals surface area contributed by atoms with Crippen LogP contribution in [0.4, 0.5) is 0 Å². The average Bonchev–Trinajstić information content (AvgIpc) is 2.74. The van der Waals surface area contributed by atoms with Gasteiger partial charge in [0.2, 0.25) is 0 Å². The molecule has 0 amide bonds. The Morgan fingerprint density at radius 2 is 2.47 bits per heavy atom. The fourth-order valence-electron chi connectivity index (χ4n) is 1.92. The Morgan fingerprint density at radius 1 is 1.60 bits per heavy atom. The molecule has 82 valence electrons. The lowest BCUT2D eigenvalue weighted by Crippen LogP contribution is -2.36. The summed E-state index contributed by atoms with van der Waals surface area (Å²) in [5, 5.41) is 13.3. The largest absolute Gasteiger partial charge is 0.391 e. The summed E-state index contributed by atoms with van der Waals surface area (Å²) in [7, 11) is 0. The van der Waals surface area contributed by atoms with E-state index in [1.165, 1.54) is 0 Å². The number of aliphatic hydroxyl groups is 1. The Kier molecular flexibility index (Phi) is 3.72. The van der Waals surface area contributed by atoms with E-state index in [4.69, 9.17) is 0 Å². The van der Waals surface area contributed by atoms with Crippen LogP contribution in [0.5, 0.6) is 0 Å². The molecule has 0 aromatic carbocycles. The summed E-state index contributed by atoms with van der Waals surface area (Å²) in [6, 6.07) is 4.15. The number of pyridine rings is 1. The highest BCUT2D eigenvalue weighted by Crippen LogP contribution is 2.14. The second-order valence-electron chi connectivity index (χ2n) is 3.94. The van der Waals surface area contributed by atoms with Gasteiger partial charge in [-0.2, -0.15) is 0 Å². The van der Waals surface area contributed by atoms with Crippen LogP contribution in [0.1, 0.15) is 18.5 Å². The molecule has 1 aliphatic rings. The Labute approximate surface area is 98.0 Å². The summed E-state index contributed by atoms with van der Waals surface area (Å²) in [6.45, 7) is 1.02. The van der Waals surface area contributed by atoms with Gasteiger partial charge in [0.15, 0.2) is 0 Å². The van der Waals surface area contributed by atoms with Crippen LogP contribution in [-0.4, -0.2) is 28.8 Å². The standard InChI is InChI=1S/C11H15BrN2O/c12-8-3-4-9(14-7-8)6-11(15)10-2-1-5-13-10/h3-4,7,10-11,13,15H,1-2,5-6H2. The SMILES string of the molecule is OC(Cc1ccc(Br)cn1)C1CCCN1. The Hall–Kier alpha value is -0.450. The van der Waals surface area contributed by atoms with Gasteiger partial charge in [0, 0.05) is 28.8 Å². The highest BCUT2D eigenvalue weighted by Gasteiger charge is 2.22. The summed E-state index contributed by atoms with van der Waals surface area (Å²) in [5.41, 5.74) is 0.944. The van der Waals surface area contributed by atoms with E-state index in [-0.39, 0.29) is 12.1 Å². The van der Waals surface area contributed by atoms with E-state index in [1.807, 2.05) is 12.1 Å². The van der Waals surface area contributed by atoms with E-state index < -0.39 is 0 Å². The van der Waals surface area contributed by atoms with Crippen molar-refractivity contribution in [3.63, 3.8) is 0 Å². The molecule has 0 aliphatic carbocycles. The van der Waals surface area contributed by atoms with Crippen LogP contribution < -0.4 is 5.32 Å². The minimum atomic E-state index is -0.318. The fraction of sp³-hybridized carbons (Fsp3) is 0.545. The monoisotopic (exact) mass is 270 g/mol. The molecular formula is C11H15BrN2O. The smallest absolute Gasteiger partial charge is 0.0748 e. The molecule has 0 radical (unpaired) electrons. The van der Waals surface area contributed by atoms with E-state index >= 15 is 0 Å². The van der Waals surface area contributed by atoms with Crippen molar-refractivity contribution in [3.05, 3.63) is 28.5 Å². The molecule has 1 aliphatic heterocycles. The van der Waals surface area contributed by atoms with Gasteiger partial charge in [-0.1, -0.05) is 0 Å². The van der Waals surface area contributed by atoms with Gasteiger partial charge in [-0.05, 0) is 47.4 Å². The van der Waals surface area contributed by atoms with Crippen molar-refractivity contribution in [2.75, 3.05) is 6.54 Å². The number of rotatable bonds is 3. The zero-order chi connectivity index (χ0) is 10.7. The highest BCUT2D eigenvalue weighted by atomic mass is 79.9. The minimum Gasteiger partial charge on any atom is -0.391 e. The topological polar surface area (TPSA) is 45.2 Å². The van der Waals surface area contributed by atoms with Gasteiger partial charge in [-0.25, -0.2) is 0 Å². The maximum absolute atomic E-state index is 9.96. The van der Waals surface area contributed by atoms with Crippen LogP contribution in [0.3, 0.4) is 0 Å². The summed E-state index contributed by atoms with van der Waals surface area (Å²) >= 11 is 3.34. The first-order valence-corrected chi connectivity index (χ1v) is 6.07. The number of aliphatic hydroxyl groups excluding tert-OH is 1. The van der Waals surface area contributed by atoms with E-state index in [0.717, 1.165) is 29.6 Å². The molecule has 1 aromatic rings. The molecule has 15 heavy (non-hydrogen) atoms. The van der Waals surface area contributed by atoms with Gasteiger partial charge in [0.25, 0.3) is 0 Å². The molecule has 1 saturated heterocycles. The minimum absolute atomic E-state index is 0.246. The van der Waals surface area contributed by atoms with Crippen molar-refractivity contribution < 1.29 is 5.11 Å². The number of halogens is 1. The molecule has 0 saturated carbocycles. The molecule has 4 heteroatoms. The van der Waals surface area contributed by atoms with Gasteiger partial charge in [0.1, 0.15) is 0 Å². The van der Waals surface area contributed by atoms with Crippen molar-refractivity contribution in [1.82, 2.24) is 10.3 Å².